The second-order valence-corrected chi connectivity index (χ2v) is 7.73. The summed E-state index contributed by atoms with van der Waals surface area (Å²) in [6.45, 7) is 2.00. The number of nitrogens with zero attached hydrogens (tertiary/aromatic N) is 4. The number of sulfonamides is 1. The van der Waals surface area contributed by atoms with Gasteiger partial charge in [-0.05, 0) is 18.8 Å². The number of piperidine rings is 1. The normalized spacial score (nSPS) is 17.4. The van der Waals surface area contributed by atoms with Crippen LogP contribution < -0.4 is 10.5 Å². The van der Waals surface area contributed by atoms with Gasteiger partial charge in [-0.25, -0.2) is 17.7 Å². The van der Waals surface area contributed by atoms with E-state index in [1.165, 1.54) is 15.1 Å². The van der Waals surface area contributed by atoms with Crippen molar-refractivity contribution in [2.75, 3.05) is 37.8 Å². The summed E-state index contributed by atoms with van der Waals surface area (Å²) in [6, 6.07) is 0. The number of hydrogen-bond donors (Lipinski definition) is 0. The van der Waals surface area contributed by atoms with Crippen molar-refractivity contribution >= 4 is 15.8 Å². The smallest absolute Gasteiger partial charge is 0.293 e. The first-order valence-electron chi connectivity index (χ1n) is 6.97. The van der Waals surface area contributed by atoms with Gasteiger partial charge in [0.25, 0.3) is 5.56 Å². The molecule has 0 unspecified atom stereocenters. The van der Waals surface area contributed by atoms with Gasteiger partial charge in [-0.15, -0.1) is 0 Å². The van der Waals surface area contributed by atoms with E-state index in [4.69, 9.17) is 0 Å². The van der Waals surface area contributed by atoms with Crippen LogP contribution in [-0.2, 0) is 17.1 Å². The average molecular weight is 314 g/mol. The zero-order valence-electron chi connectivity index (χ0n) is 12.7. The molecule has 0 aromatic carbocycles. The topological polar surface area (TPSA) is 75.5 Å². The van der Waals surface area contributed by atoms with Crippen LogP contribution in [0.25, 0.3) is 0 Å². The molecule has 0 bridgehead atoms. The molecule has 1 saturated heterocycles. The third-order valence-electron chi connectivity index (χ3n) is 3.99. The molecule has 1 fully saturated rings. The summed E-state index contributed by atoms with van der Waals surface area (Å²) in [7, 11) is 0.191. The zero-order valence-corrected chi connectivity index (χ0v) is 13.5. The average Bonchev–Trinajstić information content (AvgIpc) is 2.42. The highest BCUT2D eigenvalue weighted by atomic mass is 32.2. The highest BCUT2D eigenvalue weighted by molar-refractivity contribution is 7.88. The summed E-state index contributed by atoms with van der Waals surface area (Å²) < 4.78 is 25.8. The molecular weight excluding hydrogens is 292 g/mol. The second-order valence-electron chi connectivity index (χ2n) is 5.64. The largest absolute Gasteiger partial charge is 0.352 e. The highest BCUT2D eigenvalue weighted by Gasteiger charge is 2.24. The summed E-state index contributed by atoms with van der Waals surface area (Å²) in [6.07, 6.45) is 6.21. The van der Waals surface area contributed by atoms with E-state index < -0.39 is 10.0 Å². The molecule has 0 amide bonds. The van der Waals surface area contributed by atoms with Gasteiger partial charge in [0.1, 0.15) is 0 Å². The summed E-state index contributed by atoms with van der Waals surface area (Å²) >= 11 is 0. The van der Waals surface area contributed by atoms with E-state index in [0.29, 0.717) is 18.3 Å². The van der Waals surface area contributed by atoms with Crippen LogP contribution in [-0.4, -0.2) is 55.2 Å². The van der Waals surface area contributed by atoms with Gasteiger partial charge >= 0.3 is 0 Å². The molecule has 0 radical (unpaired) electrons. The molecule has 21 heavy (non-hydrogen) atoms. The minimum absolute atomic E-state index is 0.0933. The van der Waals surface area contributed by atoms with Crippen molar-refractivity contribution < 1.29 is 8.42 Å². The molecule has 2 heterocycles. The predicted octanol–water partition coefficient (Wildman–Crippen LogP) is -0.112. The molecule has 2 rings (SSSR count). The summed E-state index contributed by atoms with van der Waals surface area (Å²) in [5, 5.41) is 0. The van der Waals surface area contributed by atoms with Crippen LogP contribution in [0.3, 0.4) is 0 Å². The number of anilines is 1. The van der Waals surface area contributed by atoms with Crippen molar-refractivity contribution in [3.8, 4) is 0 Å². The molecule has 1 aromatic heterocycles. The van der Waals surface area contributed by atoms with Crippen LogP contribution in [0.2, 0.25) is 0 Å². The van der Waals surface area contributed by atoms with E-state index in [1.54, 1.807) is 26.5 Å². The van der Waals surface area contributed by atoms with Crippen molar-refractivity contribution in [1.82, 2.24) is 13.9 Å². The van der Waals surface area contributed by atoms with Crippen molar-refractivity contribution in [3.05, 3.63) is 22.7 Å². The Morgan fingerprint density at radius 2 is 2.00 bits per heavy atom. The van der Waals surface area contributed by atoms with Crippen molar-refractivity contribution in [1.29, 1.82) is 0 Å². The molecule has 0 N–H and O–H groups in total. The lowest BCUT2D eigenvalue weighted by Gasteiger charge is -2.33. The van der Waals surface area contributed by atoms with Gasteiger partial charge in [-0.1, -0.05) is 0 Å². The summed E-state index contributed by atoms with van der Waals surface area (Å²) in [4.78, 5) is 18.2. The maximum atomic E-state index is 12.0. The number of hydrogen-bond acceptors (Lipinski definition) is 5. The van der Waals surface area contributed by atoms with Crippen molar-refractivity contribution in [3.63, 3.8) is 0 Å². The monoisotopic (exact) mass is 314 g/mol. The van der Waals surface area contributed by atoms with Gasteiger partial charge in [-0.2, -0.15) is 0 Å². The zero-order chi connectivity index (χ0) is 15.6. The van der Waals surface area contributed by atoms with Gasteiger partial charge in [0, 0.05) is 46.1 Å². The molecular formula is C13H22N4O3S. The minimum atomic E-state index is -3.13. The third-order valence-corrected chi connectivity index (χ3v) is 5.28. The Balaban J connectivity index is 1.98. The SMILES string of the molecule is CN(CC1CCN(c2nccn(C)c2=O)CC1)S(C)(=O)=O. The quantitative estimate of drug-likeness (QED) is 0.775. The van der Waals surface area contributed by atoms with E-state index in [9.17, 15) is 13.2 Å². The minimum Gasteiger partial charge on any atom is -0.352 e. The Labute approximate surface area is 125 Å². The molecule has 0 spiro atoms. The van der Waals surface area contributed by atoms with Gasteiger partial charge < -0.3 is 9.47 Å². The lowest BCUT2D eigenvalue weighted by Crippen LogP contribution is -2.41. The first-order chi connectivity index (χ1) is 9.79. The van der Waals surface area contributed by atoms with Gasteiger partial charge in [0.05, 0.1) is 6.26 Å². The van der Waals surface area contributed by atoms with Gasteiger partial charge in [-0.3, -0.25) is 4.79 Å². The molecule has 7 nitrogen and oxygen atoms in total. The highest BCUT2D eigenvalue weighted by Crippen LogP contribution is 2.21. The Hall–Kier alpha value is -1.41. The Kier molecular flexibility index (Phi) is 4.67. The molecule has 8 heteroatoms. The van der Waals surface area contributed by atoms with Gasteiger partial charge in [0.2, 0.25) is 10.0 Å². The van der Waals surface area contributed by atoms with Crippen LogP contribution in [0, 0.1) is 5.92 Å². The van der Waals surface area contributed by atoms with Crippen molar-refractivity contribution in [2.24, 2.45) is 13.0 Å². The van der Waals surface area contributed by atoms with E-state index in [-0.39, 0.29) is 5.56 Å². The third kappa shape index (κ3) is 3.82. The second kappa shape index (κ2) is 6.15. The molecule has 1 aliphatic heterocycles. The molecule has 1 aliphatic rings. The first kappa shape index (κ1) is 16.0. The Morgan fingerprint density at radius 3 is 2.57 bits per heavy atom. The van der Waals surface area contributed by atoms with Crippen LogP contribution in [0.5, 0.6) is 0 Å². The maximum absolute atomic E-state index is 12.0. The van der Waals surface area contributed by atoms with E-state index in [0.717, 1.165) is 25.9 Å². The fourth-order valence-electron chi connectivity index (χ4n) is 2.53. The van der Waals surface area contributed by atoms with E-state index >= 15 is 0 Å². The van der Waals surface area contributed by atoms with Gasteiger partial charge in [0.15, 0.2) is 5.82 Å². The lowest BCUT2D eigenvalue weighted by atomic mass is 9.97. The fourth-order valence-corrected chi connectivity index (χ4v) is 3.01. The van der Waals surface area contributed by atoms with Crippen molar-refractivity contribution in [2.45, 2.75) is 12.8 Å². The molecule has 0 atom stereocenters. The van der Waals surface area contributed by atoms with Crippen LogP contribution in [0.4, 0.5) is 5.82 Å². The van der Waals surface area contributed by atoms with E-state index in [1.807, 2.05) is 4.90 Å². The Morgan fingerprint density at radius 1 is 1.38 bits per heavy atom. The first-order valence-corrected chi connectivity index (χ1v) is 8.81. The van der Waals surface area contributed by atoms with Crippen LogP contribution in [0.15, 0.2) is 17.2 Å². The summed E-state index contributed by atoms with van der Waals surface area (Å²) in [5.74, 6) is 0.809. The fraction of sp³-hybridized carbons (Fsp3) is 0.692. The van der Waals surface area contributed by atoms with E-state index in [2.05, 4.69) is 4.98 Å². The lowest BCUT2D eigenvalue weighted by molar-refractivity contribution is 0.328. The number of aromatic nitrogens is 2. The van der Waals surface area contributed by atoms with Crippen LogP contribution >= 0.6 is 0 Å². The molecule has 0 aliphatic carbocycles. The standard InChI is InChI=1S/C13H22N4O3S/c1-15-9-6-14-12(13(15)18)17-7-4-11(5-8-17)10-16(2)21(3,19)20/h6,9,11H,4-5,7-8,10H2,1-3H3. The molecule has 118 valence electrons. The molecule has 1 aromatic rings. The molecule has 0 saturated carbocycles. The Bertz CT molecular complexity index is 648. The summed E-state index contributed by atoms with van der Waals surface area (Å²) in [5.41, 5.74) is -0.0933. The number of rotatable bonds is 4. The maximum Gasteiger partial charge on any atom is 0.293 e. The predicted molar refractivity (Wildman–Crippen MR) is 81.9 cm³/mol. The van der Waals surface area contributed by atoms with Crippen LogP contribution in [0.1, 0.15) is 12.8 Å². The number of aryl methyl sites for hydroxylation is 1.